The van der Waals surface area contributed by atoms with Gasteiger partial charge in [0, 0.05) is 18.1 Å². The van der Waals surface area contributed by atoms with Crippen LogP contribution in [0, 0.1) is 11.6 Å². The van der Waals surface area contributed by atoms with Crippen molar-refractivity contribution in [2.24, 2.45) is 0 Å². The SMILES string of the molecule is CC(c1n[nH]c(=O)c2c(F)cccc12)N(C)C(=O)Nc1ccc(F)c(Cl)c1. The molecule has 3 aromatic rings. The molecule has 0 fully saturated rings. The van der Waals surface area contributed by atoms with E-state index >= 15 is 0 Å². The van der Waals surface area contributed by atoms with Gasteiger partial charge in [-0.15, -0.1) is 0 Å². The molecule has 9 heteroatoms. The Morgan fingerprint density at radius 3 is 2.70 bits per heavy atom. The van der Waals surface area contributed by atoms with Crippen LogP contribution in [-0.2, 0) is 0 Å². The molecular formula is C18H15ClF2N4O2. The number of halogens is 3. The molecule has 1 aromatic heterocycles. The molecule has 0 radical (unpaired) electrons. The third-order valence-electron chi connectivity index (χ3n) is 4.26. The van der Waals surface area contributed by atoms with Gasteiger partial charge in [-0.05, 0) is 31.2 Å². The van der Waals surface area contributed by atoms with E-state index in [0.717, 1.165) is 6.07 Å². The van der Waals surface area contributed by atoms with Gasteiger partial charge >= 0.3 is 6.03 Å². The van der Waals surface area contributed by atoms with E-state index < -0.39 is 29.3 Å². The lowest BCUT2D eigenvalue weighted by Gasteiger charge is -2.25. The van der Waals surface area contributed by atoms with Crippen LogP contribution < -0.4 is 10.9 Å². The van der Waals surface area contributed by atoms with Gasteiger partial charge in [0.15, 0.2) is 0 Å². The van der Waals surface area contributed by atoms with E-state index in [-0.39, 0.29) is 10.4 Å². The summed E-state index contributed by atoms with van der Waals surface area (Å²) < 4.78 is 27.3. The van der Waals surface area contributed by atoms with Gasteiger partial charge in [-0.3, -0.25) is 4.79 Å². The summed E-state index contributed by atoms with van der Waals surface area (Å²) in [7, 11) is 1.52. The number of aromatic nitrogens is 2. The Balaban J connectivity index is 1.90. The van der Waals surface area contributed by atoms with Crippen LogP contribution in [0.5, 0.6) is 0 Å². The van der Waals surface area contributed by atoms with Crippen molar-refractivity contribution in [1.29, 1.82) is 0 Å². The van der Waals surface area contributed by atoms with Gasteiger partial charge in [0.25, 0.3) is 5.56 Å². The molecular weight excluding hydrogens is 378 g/mol. The standard InChI is InChI=1S/C18H15ClF2N4O2/c1-9(16-11-4-3-5-14(21)15(11)17(26)24-23-16)25(2)18(27)22-10-6-7-13(20)12(19)8-10/h3-9H,1-2H3,(H,22,27)(H,24,26). The Morgan fingerprint density at radius 1 is 1.26 bits per heavy atom. The summed E-state index contributed by atoms with van der Waals surface area (Å²) in [4.78, 5) is 25.7. The van der Waals surface area contributed by atoms with E-state index in [0.29, 0.717) is 16.8 Å². The Labute approximate surface area is 157 Å². The lowest BCUT2D eigenvalue weighted by molar-refractivity contribution is 0.207. The first-order chi connectivity index (χ1) is 12.8. The van der Waals surface area contributed by atoms with Crippen molar-refractivity contribution in [3.05, 3.63) is 69.1 Å². The molecule has 1 heterocycles. The third kappa shape index (κ3) is 3.61. The van der Waals surface area contributed by atoms with E-state index in [9.17, 15) is 18.4 Å². The monoisotopic (exact) mass is 392 g/mol. The van der Waals surface area contributed by atoms with Gasteiger partial charge in [-0.2, -0.15) is 5.10 Å². The van der Waals surface area contributed by atoms with Gasteiger partial charge in [-0.1, -0.05) is 23.7 Å². The molecule has 27 heavy (non-hydrogen) atoms. The molecule has 3 rings (SSSR count). The minimum atomic E-state index is -0.669. The van der Waals surface area contributed by atoms with Crippen LogP contribution in [0.2, 0.25) is 5.02 Å². The largest absolute Gasteiger partial charge is 0.322 e. The second-order valence-electron chi connectivity index (χ2n) is 5.95. The maximum atomic E-state index is 14.0. The number of nitrogens with zero attached hydrogens (tertiary/aromatic N) is 2. The lowest BCUT2D eigenvalue weighted by Crippen LogP contribution is -2.34. The molecule has 2 aromatic carbocycles. The highest BCUT2D eigenvalue weighted by Crippen LogP contribution is 2.25. The molecule has 0 saturated carbocycles. The van der Waals surface area contributed by atoms with Gasteiger partial charge in [0.1, 0.15) is 11.6 Å². The first kappa shape index (κ1) is 18.8. The van der Waals surface area contributed by atoms with Crippen LogP contribution in [0.15, 0.2) is 41.2 Å². The van der Waals surface area contributed by atoms with Crippen LogP contribution in [0.4, 0.5) is 19.3 Å². The van der Waals surface area contributed by atoms with Crippen molar-refractivity contribution in [2.75, 3.05) is 12.4 Å². The van der Waals surface area contributed by atoms with E-state index in [4.69, 9.17) is 11.6 Å². The molecule has 0 spiro atoms. The number of H-pyrrole nitrogens is 1. The van der Waals surface area contributed by atoms with Crippen LogP contribution >= 0.6 is 11.6 Å². The predicted octanol–water partition coefficient (Wildman–Crippen LogP) is 4.08. The molecule has 0 aliphatic rings. The highest BCUT2D eigenvalue weighted by molar-refractivity contribution is 6.31. The second-order valence-corrected chi connectivity index (χ2v) is 6.35. The zero-order chi connectivity index (χ0) is 19.7. The number of carbonyl (C=O) groups excluding carboxylic acids is 1. The number of urea groups is 1. The summed E-state index contributed by atoms with van der Waals surface area (Å²) in [6.07, 6.45) is 0. The van der Waals surface area contributed by atoms with Crippen molar-refractivity contribution >= 4 is 34.1 Å². The topological polar surface area (TPSA) is 78.1 Å². The summed E-state index contributed by atoms with van der Waals surface area (Å²) in [6, 6.07) is 6.91. The van der Waals surface area contributed by atoms with Crippen molar-refractivity contribution in [3.8, 4) is 0 Å². The zero-order valence-electron chi connectivity index (χ0n) is 14.4. The van der Waals surface area contributed by atoms with E-state index in [1.807, 2.05) is 0 Å². The van der Waals surface area contributed by atoms with Crippen molar-refractivity contribution in [1.82, 2.24) is 15.1 Å². The molecule has 0 bridgehead atoms. The molecule has 140 valence electrons. The number of fused-ring (bicyclic) bond motifs is 1. The van der Waals surface area contributed by atoms with Gasteiger partial charge in [-0.25, -0.2) is 18.7 Å². The van der Waals surface area contributed by atoms with Gasteiger partial charge < -0.3 is 10.2 Å². The smallest absolute Gasteiger partial charge is 0.319 e. The number of amides is 2. The number of aromatic amines is 1. The van der Waals surface area contributed by atoms with E-state index in [2.05, 4.69) is 15.5 Å². The average Bonchev–Trinajstić information content (AvgIpc) is 2.64. The summed E-state index contributed by atoms with van der Waals surface area (Å²) in [5, 5.41) is 8.92. The maximum absolute atomic E-state index is 14.0. The number of nitrogens with one attached hydrogen (secondary N) is 2. The highest BCUT2D eigenvalue weighted by Gasteiger charge is 2.22. The number of hydrogen-bond donors (Lipinski definition) is 2. The number of anilines is 1. The molecule has 1 atom stereocenters. The summed E-state index contributed by atoms with van der Waals surface area (Å²) in [5.41, 5.74) is 0.00165. The predicted molar refractivity (Wildman–Crippen MR) is 98.9 cm³/mol. The first-order valence-corrected chi connectivity index (χ1v) is 8.33. The molecule has 0 aliphatic carbocycles. The average molecular weight is 393 g/mol. The summed E-state index contributed by atoms with van der Waals surface area (Å²) >= 11 is 5.71. The van der Waals surface area contributed by atoms with Crippen LogP contribution in [0.25, 0.3) is 10.8 Å². The van der Waals surface area contributed by atoms with Gasteiger partial charge in [0.2, 0.25) is 0 Å². The fraction of sp³-hybridized carbons (Fsp3) is 0.167. The lowest BCUT2D eigenvalue weighted by atomic mass is 10.1. The zero-order valence-corrected chi connectivity index (χ0v) is 15.1. The normalized spacial score (nSPS) is 12.0. The summed E-state index contributed by atoms with van der Waals surface area (Å²) in [6.45, 7) is 1.68. The fourth-order valence-corrected chi connectivity index (χ4v) is 2.84. The molecule has 6 nitrogen and oxygen atoms in total. The minimum Gasteiger partial charge on any atom is -0.319 e. The number of benzene rings is 2. The van der Waals surface area contributed by atoms with Crippen molar-refractivity contribution < 1.29 is 13.6 Å². The number of rotatable bonds is 3. The maximum Gasteiger partial charge on any atom is 0.322 e. The molecule has 2 N–H and O–H groups in total. The fourth-order valence-electron chi connectivity index (χ4n) is 2.66. The quantitative estimate of drug-likeness (QED) is 0.705. The van der Waals surface area contributed by atoms with E-state index in [1.54, 1.807) is 13.0 Å². The number of hydrogen-bond acceptors (Lipinski definition) is 3. The molecule has 2 amide bonds. The van der Waals surface area contributed by atoms with Crippen LogP contribution in [-0.4, -0.2) is 28.2 Å². The Bertz CT molecular complexity index is 1090. The van der Waals surface area contributed by atoms with Crippen molar-refractivity contribution in [2.45, 2.75) is 13.0 Å². The minimum absolute atomic E-state index is 0.117. The second kappa shape index (κ2) is 7.32. The number of carbonyl (C=O) groups is 1. The Hall–Kier alpha value is -3.00. The Kier molecular flexibility index (Phi) is 5.09. The third-order valence-corrected chi connectivity index (χ3v) is 4.55. The Morgan fingerprint density at radius 2 is 2.00 bits per heavy atom. The van der Waals surface area contributed by atoms with Gasteiger partial charge in [0.05, 0.1) is 22.1 Å². The van der Waals surface area contributed by atoms with Crippen LogP contribution in [0.3, 0.4) is 0 Å². The first-order valence-electron chi connectivity index (χ1n) is 7.95. The molecule has 0 saturated heterocycles. The van der Waals surface area contributed by atoms with E-state index in [1.165, 1.54) is 36.2 Å². The van der Waals surface area contributed by atoms with Crippen LogP contribution in [0.1, 0.15) is 18.7 Å². The van der Waals surface area contributed by atoms with Crippen molar-refractivity contribution in [3.63, 3.8) is 0 Å². The molecule has 0 aliphatic heterocycles. The molecule has 1 unspecified atom stereocenters. The summed E-state index contributed by atoms with van der Waals surface area (Å²) in [5.74, 6) is -1.26. The highest BCUT2D eigenvalue weighted by atomic mass is 35.5.